The van der Waals surface area contributed by atoms with Crippen LogP contribution in [0.1, 0.15) is 13.3 Å². The average Bonchev–Trinajstić information content (AvgIpc) is 2.32. The van der Waals surface area contributed by atoms with Crippen molar-refractivity contribution < 1.29 is 26.4 Å². The van der Waals surface area contributed by atoms with Gasteiger partial charge in [-0.15, -0.1) is 10.8 Å². The third-order valence-electron chi connectivity index (χ3n) is 1.79. The fourth-order valence-corrected chi connectivity index (χ4v) is 1.28. The minimum Gasteiger partial charge on any atom is -0.375 e. The summed E-state index contributed by atoms with van der Waals surface area (Å²) in [6, 6.07) is 0. The molecule has 0 aliphatic carbocycles. The molecule has 3 N–H and O–H groups in total. The summed E-state index contributed by atoms with van der Waals surface area (Å²) in [7, 11) is -3.84. The lowest BCUT2D eigenvalue weighted by Crippen LogP contribution is -2.22. The highest BCUT2D eigenvalue weighted by atomic mass is 32.3. The van der Waals surface area contributed by atoms with E-state index in [4.69, 9.17) is 14.0 Å². The Bertz CT molecular complexity index is 313. The minimum absolute atomic E-state index is 0.0907. The maximum atomic E-state index is 10.8. The lowest BCUT2D eigenvalue weighted by Gasteiger charge is -2.15. The molecule has 0 aromatic carbocycles. The molecule has 0 amide bonds. The second-order valence-electron chi connectivity index (χ2n) is 3.07. The van der Waals surface area contributed by atoms with Gasteiger partial charge in [-0.2, -0.15) is 0 Å². The van der Waals surface area contributed by atoms with Crippen LogP contribution in [0, 0.1) is 0 Å². The van der Waals surface area contributed by atoms with Gasteiger partial charge in [0.05, 0.1) is 32.5 Å². The number of rotatable bonds is 10. The van der Waals surface area contributed by atoms with Crippen LogP contribution in [0.15, 0.2) is 12.7 Å². The summed E-state index contributed by atoms with van der Waals surface area (Å²) in [6.45, 7) is 6.42. The highest BCUT2D eigenvalue weighted by Crippen LogP contribution is 1.99. The standard InChI is InChI=1S/C9H19NO6S/c1-3-5-13-8-9(4-2)14-6-7-15-17(11,12)16-10/h3,9H,1,4-8,10H2,2H3/p+1. The molecule has 0 rings (SSSR count). The molecule has 0 spiro atoms. The van der Waals surface area contributed by atoms with Crippen molar-refractivity contribution in [2.75, 3.05) is 26.4 Å². The van der Waals surface area contributed by atoms with Gasteiger partial charge in [0.15, 0.2) is 0 Å². The van der Waals surface area contributed by atoms with E-state index < -0.39 is 10.4 Å². The summed E-state index contributed by atoms with van der Waals surface area (Å²) < 4.78 is 38.3. The molecule has 2 unspecified atom stereocenters. The van der Waals surface area contributed by atoms with Gasteiger partial charge in [0.2, 0.25) is 0 Å². The SMILES string of the molecule is C=CCOCC(CC)OCCOS(=O)(O)=[O+]N. The van der Waals surface area contributed by atoms with E-state index >= 15 is 0 Å². The highest BCUT2D eigenvalue weighted by molar-refractivity contribution is 7.81. The van der Waals surface area contributed by atoms with E-state index in [-0.39, 0.29) is 19.3 Å². The van der Waals surface area contributed by atoms with E-state index in [1.54, 1.807) is 6.08 Å². The van der Waals surface area contributed by atoms with Crippen LogP contribution in [0.2, 0.25) is 0 Å². The Labute approximate surface area is 102 Å². The van der Waals surface area contributed by atoms with Crippen LogP contribution in [0.3, 0.4) is 0 Å². The summed E-state index contributed by atoms with van der Waals surface area (Å²) in [5, 5.41) is 0. The number of hydrogen-bond donors (Lipinski definition) is 2. The summed E-state index contributed by atoms with van der Waals surface area (Å²) in [4.78, 5) is 0. The van der Waals surface area contributed by atoms with Gasteiger partial charge in [-0.05, 0) is 10.4 Å². The Morgan fingerprint density at radius 1 is 1.59 bits per heavy atom. The molecular weight excluding hydrogens is 250 g/mol. The normalized spacial score (nSPS) is 16.2. The molecule has 0 aliphatic rings. The molecule has 7 nitrogen and oxygen atoms in total. The van der Waals surface area contributed by atoms with Gasteiger partial charge >= 0.3 is 10.4 Å². The van der Waals surface area contributed by atoms with Crippen LogP contribution in [0.5, 0.6) is 0 Å². The first-order valence-corrected chi connectivity index (χ1v) is 6.51. The Kier molecular flexibility index (Phi) is 9.23. The van der Waals surface area contributed by atoms with Gasteiger partial charge in [0, 0.05) is 5.90 Å². The zero-order valence-electron chi connectivity index (χ0n) is 9.87. The fourth-order valence-electron chi connectivity index (χ4n) is 0.949. The number of ether oxygens (including phenoxy) is 2. The average molecular weight is 270 g/mol. The molecular formula is C9H20NO6S+. The number of nitrogens with two attached hydrogens (primary N) is 1. The van der Waals surface area contributed by atoms with Crippen molar-refractivity contribution in [3.05, 3.63) is 12.7 Å². The van der Waals surface area contributed by atoms with Crippen molar-refractivity contribution in [2.24, 2.45) is 5.90 Å². The molecule has 0 aromatic heterocycles. The van der Waals surface area contributed by atoms with Crippen molar-refractivity contribution in [3.63, 3.8) is 0 Å². The molecule has 0 aliphatic heterocycles. The van der Waals surface area contributed by atoms with Gasteiger partial charge in [0.1, 0.15) is 0 Å². The second-order valence-corrected chi connectivity index (χ2v) is 4.36. The zero-order valence-corrected chi connectivity index (χ0v) is 10.7. The molecule has 0 saturated carbocycles. The summed E-state index contributed by atoms with van der Waals surface area (Å²) >= 11 is 0. The summed E-state index contributed by atoms with van der Waals surface area (Å²) in [5.74, 6) is 4.53. The van der Waals surface area contributed by atoms with E-state index in [1.165, 1.54) is 0 Å². The lowest BCUT2D eigenvalue weighted by molar-refractivity contribution is -0.0236. The molecule has 0 aromatic rings. The van der Waals surface area contributed by atoms with Gasteiger partial charge in [-0.25, -0.2) is 8.74 Å². The highest BCUT2D eigenvalue weighted by Gasteiger charge is 2.16. The largest absolute Gasteiger partial charge is 0.590 e. The molecule has 0 heterocycles. The summed E-state index contributed by atoms with van der Waals surface area (Å²) in [5.41, 5.74) is 0. The van der Waals surface area contributed by atoms with Gasteiger partial charge in [0.25, 0.3) is 0 Å². The topological polar surface area (TPSA) is 102 Å². The third kappa shape index (κ3) is 9.22. The van der Waals surface area contributed by atoms with Crippen molar-refractivity contribution in [1.29, 1.82) is 0 Å². The number of hydrogen-bond acceptors (Lipinski definition) is 4. The molecule has 8 heteroatoms. The van der Waals surface area contributed by atoms with Crippen LogP contribution in [0.4, 0.5) is 0 Å². The van der Waals surface area contributed by atoms with Crippen LogP contribution in [-0.2, 0) is 28.0 Å². The molecule has 0 radical (unpaired) electrons. The smallest absolute Gasteiger partial charge is 0.375 e. The first-order valence-electron chi connectivity index (χ1n) is 5.15. The third-order valence-corrected chi connectivity index (χ3v) is 2.49. The van der Waals surface area contributed by atoms with Crippen LogP contribution >= 0.6 is 0 Å². The van der Waals surface area contributed by atoms with Crippen molar-refractivity contribution in [2.45, 2.75) is 19.4 Å². The van der Waals surface area contributed by atoms with E-state index in [1.807, 2.05) is 6.92 Å². The van der Waals surface area contributed by atoms with Gasteiger partial charge < -0.3 is 9.47 Å². The molecule has 0 saturated heterocycles. The summed E-state index contributed by atoms with van der Waals surface area (Å²) in [6.07, 6.45) is 2.32. The van der Waals surface area contributed by atoms with Gasteiger partial charge in [-0.3, -0.25) is 0 Å². The monoisotopic (exact) mass is 270 g/mol. The molecule has 2 atom stereocenters. The fraction of sp³-hybridized carbons (Fsp3) is 0.778. The first kappa shape index (κ1) is 16.5. The van der Waals surface area contributed by atoms with E-state index in [0.717, 1.165) is 6.42 Å². The van der Waals surface area contributed by atoms with Crippen molar-refractivity contribution in [1.82, 2.24) is 0 Å². The Morgan fingerprint density at radius 2 is 2.29 bits per heavy atom. The zero-order chi connectivity index (χ0) is 13.1. The van der Waals surface area contributed by atoms with Gasteiger partial charge in [-0.1, -0.05) is 13.0 Å². The van der Waals surface area contributed by atoms with E-state index in [0.29, 0.717) is 13.2 Å². The van der Waals surface area contributed by atoms with E-state index in [9.17, 15) is 4.21 Å². The predicted octanol–water partition coefficient (Wildman–Crippen LogP) is 0.428. The molecule has 0 bridgehead atoms. The minimum atomic E-state index is -3.84. The predicted molar refractivity (Wildman–Crippen MR) is 62.6 cm³/mol. The maximum absolute atomic E-state index is 10.8. The quantitative estimate of drug-likeness (QED) is 0.196. The van der Waals surface area contributed by atoms with Crippen LogP contribution < -0.4 is 5.90 Å². The second kappa shape index (κ2) is 9.51. The van der Waals surface area contributed by atoms with E-state index in [2.05, 4.69) is 20.6 Å². The van der Waals surface area contributed by atoms with Crippen LogP contribution in [0.25, 0.3) is 0 Å². The lowest BCUT2D eigenvalue weighted by atomic mass is 10.3. The molecule has 102 valence electrons. The Hall–Kier alpha value is -0.510. The van der Waals surface area contributed by atoms with Crippen molar-refractivity contribution in [3.8, 4) is 0 Å². The maximum Gasteiger partial charge on any atom is 0.590 e. The Morgan fingerprint density at radius 3 is 2.82 bits per heavy atom. The first-order chi connectivity index (χ1) is 8.05. The molecule has 17 heavy (non-hydrogen) atoms. The van der Waals surface area contributed by atoms with Crippen molar-refractivity contribution >= 4 is 10.4 Å². The van der Waals surface area contributed by atoms with Crippen LogP contribution in [-0.4, -0.2) is 41.3 Å². The Balaban J connectivity index is 3.70. The molecule has 0 fully saturated rings.